The normalized spacial score (nSPS) is 10.6. The minimum absolute atomic E-state index is 0.539. The minimum Gasteiger partial charge on any atom is -0.340 e. The summed E-state index contributed by atoms with van der Waals surface area (Å²) in [6.07, 6.45) is 5.49. The Morgan fingerprint density at radius 3 is 2.69 bits per heavy atom. The zero-order valence-corrected chi connectivity index (χ0v) is 14.5. The fourth-order valence-electron chi connectivity index (χ4n) is 2.79. The molecule has 0 atom stereocenters. The van der Waals surface area contributed by atoms with Gasteiger partial charge in [0.2, 0.25) is 0 Å². The minimum atomic E-state index is 0.539. The molecule has 0 aliphatic carbocycles. The van der Waals surface area contributed by atoms with E-state index in [1.54, 1.807) is 30.7 Å². The highest BCUT2D eigenvalue weighted by Crippen LogP contribution is 2.25. The summed E-state index contributed by atoms with van der Waals surface area (Å²) >= 11 is 6.02. The van der Waals surface area contributed by atoms with E-state index < -0.39 is 0 Å². The first kappa shape index (κ1) is 16.1. The van der Waals surface area contributed by atoms with Crippen LogP contribution in [-0.2, 0) is 6.54 Å². The van der Waals surface area contributed by atoms with Crippen molar-refractivity contribution < 1.29 is 0 Å². The highest BCUT2D eigenvalue weighted by Gasteiger charge is 2.07. The Hall–Kier alpha value is -3.36. The molecule has 0 aliphatic rings. The third kappa shape index (κ3) is 3.37. The van der Waals surface area contributed by atoms with E-state index in [2.05, 4.69) is 21.4 Å². The zero-order chi connectivity index (χ0) is 17.9. The van der Waals surface area contributed by atoms with Gasteiger partial charge in [0.1, 0.15) is 5.82 Å². The van der Waals surface area contributed by atoms with Crippen LogP contribution in [0.25, 0.3) is 10.9 Å². The van der Waals surface area contributed by atoms with Crippen LogP contribution in [0.4, 0.5) is 11.5 Å². The molecule has 0 spiro atoms. The van der Waals surface area contributed by atoms with Crippen LogP contribution in [0.2, 0.25) is 5.02 Å². The first-order valence-electron chi connectivity index (χ1n) is 8.03. The third-order valence-corrected chi connectivity index (χ3v) is 4.28. The summed E-state index contributed by atoms with van der Waals surface area (Å²) in [5, 5.41) is 14.0. The fraction of sp³-hybridized carbons (Fsp3) is 0.0500. The van der Waals surface area contributed by atoms with Crippen LogP contribution in [0.3, 0.4) is 0 Å². The lowest BCUT2D eigenvalue weighted by Crippen LogP contribution is -1.98. The third-order valence-electron chi connectivity index (χ3n) is 4.04. The van der Waals surface area contributed by atoms with E-state index in [9.17, 15) is 5.26 Å². The molecule has 6 heteroatoms. The Balaban J connectivity index is 1.59. The maximum absolute atomic E-state index is 9.42. The summed E-state index contributed by atoms with van der Waals surface area (Å²) in [5.74, 6) is 0.624. The van der Waals surface area contributed by atoms with Crippen LogP contribution >= 0.6 is 11.6 Å². The second kappa shape index (κ2) is 6.87. The number of fused-ring (bicyclic) bond motifs is 1. The predicted molar refractivity (Wildman–Crippen MR) is 103 cm³/mol. The highest BCUT2D eigenvalue weighted by molar-refractivity contribution is 6.31. The smallest absolute Gasteiger partial charge is 0.132 e. The van der Waals surface area contributed by atoms with Crippen molar-refractivity contribution in [3.63, 3.8) is 0 Å². The average Bonchev–Trinajstić information content (AvgIpc) is 3.16. The zero-order valence-electron chi connectivity index (χ0n) is 13.7. The van der Waals surface area contributed by atoms with Gasteiger partial charge >= 0.3 is 0 Å². The van der Waals surface area contributed by atoms with Crippen molar-refractivity contribution in [2.75, 3.05) is 5.32 Å². The van der Waals surface area contributed by atoms with E-state index in [4.69, 9.17) is 11.6 Å². The van der Waals surface area contributed by atoms with Gasteiger partial charge in [-0.05, 0) is 42.0 Å². The van der Waals surface area contributed by atoms with Crippen molar-refractivity contribution >= 4 is 34.0 Å². The first-order chi connectivity index (χ1) is 12.7. The van der Waals surface area contributed by atoms with Crippen molar-refractivity contribution in [3.05, 3.63) is 83.4 Å². The summed E-state index contributed by atoms with van der Waals surface area (Å²) in [6.45, 7) is 0.772. The SMILES string of the molecule is N#Cc1cc(Nc2ccc(Cn3ccnc3)cc2)nc2ccc(Cl)cc12. The molecule has 26 heavy (non-hydrogen) atoms. The summed E-state index contributed by atoms with van der Waals surface area (Å²) < 4.78 is 2.01. The molecule has 0 unspecified atom stereocenters. The molecule has 2 heterocycles. The number of nitrogens with one attached hydrogen (secondary N) is 1. The highest BCUT2D eigenvalue weighted by atomic mass is 35.5. The number of hydrogen-bond donors (Lipinski definition) is 1. The molecule has 4 rings (SSSR count). The molecule has 126 valence electrons. The lowest BCUT2D eigenvalue weighted by atomic mass is 10.1. The number of anilines is 2. The number of nitrogens with zero attached hydrogens (tertiary/aromatic N) is 4. The molecule has 4 aromatic rings. The van der Waals surface area contributed by atoms with Gasteiger partial charge in [0.05, 0.1) is 23.5 Å². The second-order valence-electron chi connectivity index (χ2n) is 5.89. The molecule has 2 aromatic carbocycles. The number of aromatic nitrogens is 3. The van der Waals surface area contributed by atoms with Crippen LogP contribution in [-0.4, -0.2) is 14.5 Å². The van der Waals surface area contributed by atoms with Gasteiger partial charge in [0, 0.05) is 35.0 Å². The lowest BCUT2D eigenvalue weighted by molar-refractivity contribution is 0.797. The first-order valence-corrected chi connectivity index (χ1v) is 8.41. The van der Waals surface area contributed by atoms with E-state index in [1.165, 1.54) is 5.56 Å². The Morgan fingerprint density at radius 2 is 1.96 bits per heavy atom. The maximum Gasteiger partial charge on any atom is 0.132 e. The lowest BCUT2D eigenvalue weighted by Gasteiger charge is -2.09. The van der Waals surface area contributed by atoms with E-state index in [0.29, 0.717) is 16.4 Å². The van der Waals surface area contributed by atoms with Gasteiger partial charge in [-0.2, -0.15) is 5.26 Å². The van der Waals surface area contributed by atoms with Gasteiger partial charge in [-0.3, -0.25) is 0 Å². The standard InChI is InChI=1S/C20H14ClN5/c21-16-3-6-19-18(10-16)15(11-22)9-20(25-19)24-17-4-1-14(2-5-17)12-26-8-7-23-13-26/h1-10,13H,12H2,(H,24,25). The molecule has 0 radical (unpaired) electrons. The molecule has 0 saturated heterocycles. The molecule has 0 saturated carbocycles. The van der Waals surface area contributed by atoms with Crippen LogP contribution < -0.4 is 5.32 Å². The number of hydrogen-bond acceptors (Lipinski definition) is 4. The van der Waals surface area contributed by atoms with Crippen LogP contribution in [0, 0.1) is 11.3 Å². The predicted octanol–water partition coefficient (Wildman–Crippen LogP) is 4.75. The van der Waals surface area contributed by atoms with Crippen molar-refractivity contribution in [1.82, 2.24) is 14.5 Å². The van der Waals surface area contributed by atoms with Gasteiger partial charge < -0.3 is 9.88 Å². The van der Waals surface area contributed by atoms with Crippen molar-refractivity contribution in [1.29, 1.82) is 5.26 Å². The number of benzene rings is 2. The summed E-state index contributed by atoms with van der Waals surface area (Å²) in [5.41, 5.74) is 3.35. The van der Waals surface area contributed by atoms with Gasteiger partial charge in [0.15, 0.2) is 0 Å². The topological polar surface area (TPSA) is 66.5 Å². The number of rotatable bonds is 4. The Kier molecular flexibility index (Phi) is 4.26. The molecule has 5 nitrogen and oxygen atoms in total. The summed E-state index contributed by atoms with van der Waals surface area (Å²) in [7, 11) is 0. The van der Waals surface area contributed by atoms with Gasteiger partial charge in [-0.15, -0.1) is 0 Å². The Labute approximate surface area is 155 Å². The molecule has 0 bridgehead atoms. The molecule has 0 amide bonds. The molecule has 0 fully saturated rings. The fourth-order valence-corrected chi connectivity index (χ4v) is 2.96. The Bertz CT molecular complexity index is 1100. The van der Waals surface area contributed by atoms with Crippen molar-refractivity contribution in [2.24, 2.45) is 0 Å². The van der Waals surface area contributed by atoms with Crippen LogP contribution in [0.1, 0.15) is 11.1 Å². The number of pyridine rings is 1. The van der Waals surface area contributed by atoms with Gasteiger partial charge in [0.25, 0.3) is 0 Å². The van der Waals surface area contributed by atoms with E-state index in [1.807, 2.05) is 41.1 Å². The number of halogens is 1. The largest absolute Gasteiger partial charge is 0.340 e. The molecule has 0 aliphatic heterocycles. The monoisotopic (exact) mass is 359 g/mol. The van der Waals surface area contributed by atoms with Crippen LogP contribution in [0.5, 0.6) is 0 Å². The van der Waals surface area contributed by atoms with Crippen molar-refractivity contribution in [3.8, 4) is 6.07 Å². The number of imidazole rings is 1. The van der Waals surface area contributed by atoms with E-state index in [0.717, 1.165) is 23.1 Å². The van der Waals surface area contributed by atoms with Crippen molar-refractivity contribution in [2.45, 2.75) is 6.54 Å². The average molecular weight is 360 g/mol. The molecular weight excluding hydrogens is 346 g/mol. The molecular formula is C20H14ClN5. The summed E-state index contributed by atoms with van der Waals surface area (Å²) in [6, 6.07) is 17.4. The van der Waals surface area contributed by atoms with E-state index in [-0.39, 0.29) is 0 Å². The Morgan fingerprint density at radius 1 is 1.12 bits per heavy atom. The maximum atomic E-state index is 9.42. The summed E-state index contributed by atoms with van der Waals surface area (Å²) in [4.78, 5) is 8.62. The van der Waals surface area contributed by atoms with Gasteiger partial charge in [-0.1, -0.05) is 23.7 Å². The number of nitriles is 1. The molecule has 2 aromatic heterocycles. The molecule has 1 N–H and O–H groups in total. The quantitative estimate of drug-likeness (QED) is 0.571. The van der Waals surface area contributed by atoms with Crippen LogP contribution in [0.15, 0.2) is 67.3 Å². The second-order valence-corrected chi connectivity index (χ2v) is 6.32. The van der Waals surface area contributed by atoms with Gasteiger partial charge in [-0.25, -0.2) is 9.97 Å². The van der Waals surface area contributed by atoms with E-state index >= 15 is 0 Å².